The van der Waals surface area contributed by atoms with Gasteiger partial charge in [0, 0.05) is 26.8 Å². The van der Waals surface area contributed by atoms with E-state index >= 15 is 0 Å². The van der Waals surface area contributed by atoms with Gasteiger partial charge in [-0.2, -0.15) is 0 Å². The second-order valence-corrected chi connectivity index (χ2v) is 3.44. The minimum Gasteiger partial charge on any atom is -0.355 e. The third kappa shape index (κ3) is 10.5. The number of hydrogen-bond acceptors (Lipinski definition) is 1. The number of thiocarbonyl (C=S) groups is 1. The SMILES string of the molecule is CC.CC.CC.CN(C)C(=S)N(C)c1ccccc1. The van der Waals surface area contributed by atoms with Gasteiger partial charge in [-0.1, -0.05) is 59.7 Å². The molecule has 0 saturated carbocycles. The first-order chi connectivity index (χ1) is 9.13. The summed E-state index contributed by atoms with van der Waals surface area (Å²) in [5.41, 5.74) is 1.11. The molecule has 1 aromatic rings. The fraction of sp³-hybridized carbons (Fsp3) is 0.562. The van der Waals surface area contributed by atoms with Crippen LogP contribution in [-0.2, 0) is 0 Å². The minimum atomic E-state index is 0.811. The molecule has 0 aliphatic heterocycles. The average Bonchev–Trinajstić information content (AvgIpc) is 2.52. The largest absolute Gasteiger partial charge is 0.355 e. The molecule has 0 spiro atoms. The Morgan fingerprint density at radius 3 is 1.47 bits per heavy atom. The Morgan fingerprint density at radius 2 is 1.16 bits per heavy atom. The Morgan fingerprint density at radius 1 is 0.789 bits per heavy atom. The Balaban J connectivity index is -0.000000375. The Hall–Kier alpha value is -1.09. The van der Waals surface area contributed by atoms with E-state index in [9.17, 15) is 0 Å². The van der Waals surface area contributed by atoms with E-state index in [1.54, 1.807) is 0 Å². The van der Waals surface area contributed by atoms with E-state index in [0.29, 0.717) is 0 Å². The highest BCUT2D eigenvalue weighted by Crippen LogP contribution is 2.12. The lowest BCUT2D eigenvalue weighted by Gasteiger charge is -2.25. The summed E-state index contributed by atoms with van der Waals surface area (Å²) in [6, 6.07) is 10.1. The first-order valence-corrected chi connectivity index (χ1v) is 7.54. The molecule has 2 nitrogen and oxygen atoms in total. The van der Waals surface area contributed by atoms with Gasteiger partial charge in [0.05, 0.1) is 0 Å². The summed E-state index contributed by atoms with van der Waals surface area (Å²) in [5, 5.41) is 0.811. The zero-order chi connectivity index (χ0) is 15.8. The molecule has 0 radical (unpaired) electrons. The molecule has 0 atom stereocenters. The molecule has 1 rings (SSSR count). The maximum absolute atomic E-state index is 5.23. The average molecular weight is 285 g/mol. The molecule has 0 saturated heterocycles. The molecular weight excluding hydrogens is 252 g/mol. The summed E-state index contributed by atoms with van der Waals surface area (Å²) < 4.78 is 0. The molecule has 3 heteroatoms. The van der Waals surface area contributed by atoms with Crippen LogP contribution in [0.15, 0.2) is 30.3 Å². The maximum atomic E-state index is 5.23. The second kappa shape index (κ2) is 16.9. The van der Waals surface area contributed by atoms with Crippen molar-refractivity contribution in [3.8, 4) is 0 Å². The van der Waals surface area contributed by atoms with Gasteiger partial charge in [-0.05, 0) is 24.4 Å². The molecule has 112 valence electrons. The van der Waals surface area contributed by atoms with Crippen molar-refractivity contribution in [1.82, 2.24) is 4.90 Å². The highest BCUT2D eigenvalue weighted by atomic mass is 32.1. The lowest BCUT2D eigenvalue weighted by Crippen LogP contribution is -2.35. The smallest absolute Gasteiger partial charge is 0.175 e. The Labute approximate surface area is 126 Å². The molecule has 0 fully saturated rings. The molecule has 0 aliphatic carbocycles. The molecule has 0 heterocycles. The second-order valence-electron chi connectivity index (χ2n) is 3.07. The van der Waals surface area contributed by atoms with Crippen LogP contribution in [0.5, 0.6) is 0 Å². The maximum Gasteiger partial charge on any atom is 0.175 e. The number of hydrogen-bond donors (Lipinski definition) is 0. The molecule has 0 aliphatic rings. The zero-order valence-electron chi connectivity index (χ0n) is 14.2. The molecule has 0 aromatic heterocycles. The predicted molar refractivity (Wildman–Crippen MR) is 95.2 cm³/mol. The van der Waals surface area contributed by atoms with Crippen molar-refractivity contribution in [3.05, 3.63) is 30.3 Å². The van der Waals surface area contributed by atoms with Gasteiger partial charge in [0.2, 0.25) is 0 Å². The third-order valence-corrected chi connectivity index (χ3v) is 2.45. The van der Waals surface area contributed by atoms with Crippen LogP contribution in [0.25, 0.3) is 0 Å². The monoisotopic (exact) mass is 284 g/mol. The highest BCUT2D eigenvalue weighted by Gasteiger charge is 2.06. The van der Waals surface area contributed by atoms with Gasteiger partial charge >= 0.3 is 0 Å². The van der Waals surface area contributed by atoms with Crippen LogP contribution in [0.4, 0.5) is 5.69 Å². The van der Waals surface area contributed by atoms with Crippen LogP contribution in [0.1, 0.15) is 41.5 Å². The summed E-state index contributed by atoms with van der Waals surface area (Å²) in [5.74, 6) is 0. The molecule has 1 aromatic carbocycles. The van der Waals surface area contributed by atoms with Crippen LogP contribution in [0.3, 0.4) is 0 Å². The van der Waals surface area contributed by atoms with Crippen molar-refractivity contribution in [2.24, 2.45) is 0 Å². The van der Waals surface area contributed by atoms with Crippen molar-refractivity contribution in [2.45, 2.75) is 41.5 Å². The van der Waals surface area contributed by atoms with Crippen LogP contribution in [0.2, 0.25) is 0 Å². The van der Waals surface area contributed by atoms with Crippen molar-refractivity contribution in [3.63, 3.8) is 0 Å². The molecule has 0 bridgehead atoms. The topological polar surface area (TPSA) is 6.48 Å². The number of benzene rings is 1. The van der Waals surface area contributed by atoms with Crippen LogP contribution in [-0.4, -0.2) is 31.2 Å². The van der Waals surface area contributed by atoms with E-state index in [0.717, 1.165) is 10.8 Å². The van der Waals surface area contributed by atoms with E-state index in [4.69, 9.17) is 12.2 Å². The van der Waals surface area contributed by atoms with E-state index in [1.807, 2.05) is 103 Å². The van der Waals surface area contributed by atoms with Crippen molar-refractivity contribution in [2.75, 3.05) is 26.0 Å². The minimum absolute atomic E-state index is 0.811. The van der Waals surface area contributed by atoms with E-state index in [-0.39, 0.29) is 0 Å². The summed E-state index contributed by atoms with van der Waals surface area (Å²) >= 11 is 5.23. The summed E-state index contributed by atoms with van der Waals surface area (Å²) in [6.07, 6.45) is 0. The van der Waals surface area contributed by atoms with Crippen LogP contribution < -0.4 is 4.90 Å². The number of nitrogens with zero attached hydrogens (tertiary/aromatic N) is 2. The number of anilines is 1. The summed E-state index contributed by atoms with van der Waals surface area (Å²) in [6.45, 7) is 12.0. The first kappa shape index (κ1) is 23.0. The van der Waals surface area contributed by atoms with Crippen molar-refractivity contribution in [1.29, 1.82) is 0 Å². The molecule has 0 unspecified atom stereocenters. The van der Waals surface area contributed by atoms with Gasteiger partial charge in [-0.25, -0.2) is 0 Å². The lowest BCUT2D eigenvalue weighted by molar-refractivity contribution is 0.623. The van der Waals surface area contributed by atoms with Gasteiger partial charge in [0.15, 0.2) is 5.11 Å². The molecule has 19 heavy (non-hydrogen) atoms. The lowest BCUT2D eigenvalue weighted by atomic mass is 10.3. The van der Waals surface area contributed by atoms with E-state index in [2.05, 4.69) is 0 Å². The molecule has 0 amide bonds. The zero-order valence-corrected chi connectivity index (χ0v) is 15.0. The third-order valence-electron chi connectivity index (χ3n) is 1.81. The highest BCUT2D eigenvalue weighted by molar-refractivity contribution is 7.80. The van der Waals surface area contributed by atoms with Gasteiger partial charge in [-0.15, -0.1) is 0 Å². The summed E-state index contributed by atoms with van der Waals surface area (Å²) in [7, 11) is 5.86. The normalized spacial score (nSPS) is 7.42. The van der Waals surface area contributed by atoms with Crippen molar-refractivity contribution >= 4 is 23.0 Å². The standard InChI is InChI=1S/C10H14N2S.3C2H6/c1-11(2)10(13)12(3)9-7-5-4-6-8-9;3*1-2/h4-8H,1-3H3;3*1-2H3. The number of rotatable bonds is 1. The Bertz CT molecular complexity index is 284. The quantitative estimate of drug-likeness (QED) is 0.666. The fourth-order valence-electron chi connectivity index (χ4n) is 1.06. The van der Waals surface area contributed by atoms with E-state index < -0.39 is 0 Å². The van der Waals surface area contributed by atoms with Gasteiger partial charge in [0.25, 0.3) is 0 Å². The van der Waals surface area contributed by atoms with Crippen molar-refractivity contribution < 1.29 is 0 Å². The van der Waals surface area contributed by atoms with E-state index in [1.165, 1.54) is 0 Å². The number of para-hydroxylation sites is 1. The van der Waals surface area contributed by atoms with Gasteiger partial charge < -0.3 is 9.80 Å². The fourth-order valence-corrected chi connectivity index (χ4v) is 1.17. The Kier molecular flexibility index (Phi) is 20.5. The molecule has 0 N–H and O–H groups in total. The van der Waals surface area contributed by atoms with Gasteiger partial charge in [-0.3, -0.25) is 0 Å². The van der Waals surface area contributed by atoms with Gasteiger partial charge in [0.1, 0.15) is 0 Å². The molecular formula is C16H32N2S. The van der Waals surface area contributed by atoms with Crippen LogP contribution in [0, 0.1) is 0 Å². The predicted octanol–water partition coefficient (Wildman–Crippen LogP) is 5.05. The van der Waals surface area contributed by atoms with Crippen LogP contribution >= 0.6 is 12.2 Å². The first-order valence-electron chi connectivity index (χ1n) is 7.13. The summed E-state index contributed by atoms with van der Waals surface area (Å²) in [4.78, 5) is 3.90.